The van der Waals surface area contributed by atoms with Crippen molar-refractivity contribution in [3.63, 3.8) is 0 Å². The Balaban J connectivity index is 1.75. The van der Waals surface area contributed by atoms with Crippen LogP contribution in [0, 0.1) is 11.3 Å². The molecule has 134 valence electrons. The second-order valence-corrected chi connectivity index (χ2v) is 7.87. The molecule has 2 heterocycles. The molecule has 0 saturated carbocycles. The topological polar surface area (TPSA) is 55.8 Å². The number of aliphatic hydroxyl groups is 1. The van der Waals surface area contributed by atoms with E-state index < -0.39 is 0 Å². The molecule has 0 unspecified atom stereocenters. The highest BCUT2D eigenvalue weighted by Gasteiger charge is 2.34. The molecule has 2 aliphatic heterocycles. The normalized spacial score (nSPS) is 25.1. The number of nitrogens with one attached hydrogen (secondary N) is 1. The first-order valence-electron chi connectivity index (χ1n) is 9.37. The molecule has 5 heteroatoms. The molecule has 2 amide bonds. The lowest BCUT2D eigenvalue weighted by atomic mass is 9.77. The van der Waals surface area contributed by atoms with Gasteiger partial charge >= 0.3 is 6.03 Å². The molecule has 0 aromatic rings. The lowest BCUT2D eigenvalue weighted by molar-refractivity contribution is 0.0517. The lowest BCUT2D eigenvalue weighted by Gasteiger charge is -2.40. The van der Waals surface area contributed by atoms with Crippen LogP contribution in [0.5, 0.6) is 0 Å². The second-order valence-electron chi connectivity index (χ2n) is 7.87. The van der Waals surface area contributed by atoms with E-state index in [1.54, 1.807) is 0 Å². The maximum absolute atomic E-state index is 12.4. The minimum absolute atomic E-state index is 0.0380. The second kappa shape index (κ2) is 8.34. The fourth-order valence-electron chi connectivity index (χ4n) is 3.96. The molecule has 2 aliphatic rings. The van der Waals surface area contributed by atoms with Gasteiger partial charge < -0.3 is 15.3 Å². The van der Waals surface area contributed by atoms with Crippen LogP contribution in [-0.4, -0.2) is 66.3 Å². The largest absolute Gasteiger partial charge is 0.396 e. The SMILES string of the molecule is CCC1(CO)CCN(C(=O)NC[C@H]2CCCN2CC(C)C)CC1. The summed E-state index contributed by atoms with van der Waals surface area (Å²) in [5.41, 5.74) is 0.0380. The van der Waals surface area contributed by atoms with Crippen molar-refractivity contribution in [1.29, 1.82) is 0 Å². The summed E-state index contributed by atoms with van der Waals surface area (Å²) in [4.78, 5) is 16.8. The third kappa shape index (κ3) is 4.83. The maximum atomic E-state index is 12.4. The van der Waals surface area contributed by atoms with Crippen molar-refractivity contribution < 1.29 is 9.90 Å². The van der Waals surface area contributed by atoms with Gasteiger partial charge in [-0.05, 0) is 50.0 Å². The summed E-state index contributed by atoms with van der Waals surface area (Å²) in [5.74, 6) is 0.675. The summed E-state index contributed by atoms with van der Waals surface area (Å²) < 4.78 is 0. The molecule has 0 aromatic heterocycles. The zero-order chi connectivity index (χ0) is 16.9. The number of aliphatic hydroxyl groups excluding tert-OH is 1. The summed E-state index contributed by atoms with van der Waals surface area (Å²) in [5, 5.41) is 12.7. The first-order chi connectivity index (χ1) is 11.0. The van der Waals surface area contributed by atoms with Gasteiger partial charge in [0.1, 0.15) is 0 Å². The zero-order valence-corrected chi connectivity index (χ0v) is 15.2. The van der Waals surface area contributed by atoms with E-state index in [1.807, 2.05) is 4.90 Å². The highest BCUT2D eigenvalue weighted by molar-refractivity contribution is 5.74. The van der Waals surface area contributed by atoms with Gasteiger partial charge in [-0.25, -0.2) is 4.79 Å². The molecular formula is C18H35N3O2. The van der Waals surface area contributed by atoms with E-state index in [-0.39, 0.29) is 18.1 Å². The molecule has 0 spiro atoms. The van der Waals surface area contributed by atoms with Crippen molar-refractivity contribution in [2.24, 2.45) is 11.3 Å². The van der Waals surface area contributed by atoms with Gasteiger partial charge in [-0.15, -0.1) is 0 Å². The smallest absolute Gasteiger partial charge is 0.317 e. The Kier molecular flexibility index (Phi) is 6.72. The first kappa shape index (κ1) is 18.5. The quantitative estimate of drug-likeness (QED) is 0.788. The van der Waals surface area contributed by atoms with Gasteiger partial charge in [-0.2, -0.15) is 0 Å². The summed E-state index contributed by atoms with van der Waals surface area (Å²) >= 11 is 0. The fraction of sp³-hybridized carbons (Fsp3) is 0.944. The predicted molar refractivity (Wildman–Crippen MR) is 93.4 cm³/mol. The minimum Gasteiger partial charge on any atom is -0.396 e. The van der Waals surface area contributed by atoms with Crippen LogP contribution in [0.25, 0.3) is 0 Å². The Morgan fingerprint density at radius 2 is 2.00 bits per heavy atom. The number of hydrogen-bond acceptors (Lipinski definition) is 3. The standard InChI is InChI=1S/C18H35N3O2/c1-4-18(14-22)7-10-20(11-8-18)17(23)19-12-16-6-5-9-21(16)13-15(2)3/h15-16,22H,4-14H2,1-3H3,(H,19,23)/t16-/m1/s1. The molecule has 0 aliphatic carbocycles. The van der Waals surface area contributed by atoms with Crippen molar-refractivity contribution in [2.45, 2.75) is 58.9 Å². The molecule has 0 aromatic carbocycles. The van der Waals surface area contributed by atoms with Crippen LogP contribution < -0.4 is 5.32 Å². The highest BCUT2D eigenvalue weighted by atomic mass is 16.3. The van der Waals surface area contributed by atoms with Crippen LogP contribution in [0.2, 0.25) is 0 Å². The summed E-state index contributed by atoms with van der Waals surface area (Å²) in [6.07, 6.45) is 5.25. The number of rotatable bonds is 6. The van der Waals surface area contributed by atoms with Gasteiger partial charge in [0.2, 0.25) is 0 Å². The average molecular weight is 325 g/mol. The Morgan fingerprint density at radius 1 is 1.30 bits per heavy atom. The van der Waals surface area contributed by atoms with Crippen molar-refractivity contribution in [2.75, 3.05) is 39.3 Å². The van der Waals surface area contributed by atoms with Gasteiger partial charge in [0.05, 0.1) is 0 Å². The van der Waals surface area contributed by atoms with Crippen LogP contribution in [-0.2, 0) is 0 Å². The van der Waals surface area contributed by atoms with E-state index in [2.05, 4.69) is 31.0 Å². The monoisotopic (exact) mass is 325 g/mol. The van der Waals surface area contributed by atoms with Crippen molar-refractivity contribution >= 4 is 6.03 Å². The number of amides is 2. The van der Waals surface area contributed by atoms with E-state index >= 15 is 0 Å². The van der Waals surface area contributed by atoms with Gasteiger partial charge in [0.25, 0.3) is 0 Å². The summed E-state index contributed by atoms with van der Waals surface area (Å²) in [7, 11) is 0. The molecule has 2 saturated heterocycles. The van der Waals surface area contributed by atoms with Crippen LogP contribution in [0.4, 0.5) is 4.79 Å². The fourth-order valence-corrected chi connectivity index (χ4v) is 3.96. The number of hydrogen-bond donors (Lipinski definition) is 2. The molecule has 0 bridgehead atoms. The minimum atomic E-state index is 0.0380. The van der Waals surface area contributed by atoms with Crippen molar-refractivity contribution in [3.8, 4) is 0 Å². The van der Waals surface area contributed by atoms with Crippen LogP contribution in [0.3, 0.4) is 0 Å². The number of carbonyl (C=O) groups excluding carboxylic acids is 1. The molecule has 5 nitrogen and oxygen atoms in total. The van der Waals surface area contributed by atoms with Gasteiger partial charge in [0, 0.05) is 38.8 Å². The Hall–Kier alpha value is -0.810. The Morgan fingerprint density at radius 3 is 2.57 bits per heavy atom. The van der Waals surface area contributed by atoms with Gasteiger partial charge in [0.15, 0.2) is 0 Å². The summed E-state index contributed by atoms with van der Waals surface area (Å²) in [6.45, 7) is 11.5. The number of nitrogens with zero attached hydrogens (tertiary/aromatic N) is 2. The van der Waals surface area contributed by atoms with E-state index in [0.717, 1.165) is 52.0 Å². The van der Waals surface area contributed by atoms with Gasteiger partial charge in [-0.1, -0.05) is 20.8 Å². The maximum Gasteiger partial charge on any atom is 0.317 e. The molecule has 2 fully saturated rings. The van der Waals surface area contributed by atoms with Crippen molar-refractivity contribution in [1.82, 2.24) is 15.1 Å². The Labute approximate surface area is 141 Å². The summed E-state index contributed by atoms with van der Waals surface area (Å²) in [6, 6.07) is 0.572. The molecule has 2 N–H and O–H groups in total. The molecule has 2 rings (SSSR count). The van der Waals surface area contributed by atoms with E-state index in [9.17, 15) is 9.90 Å². The first-order valence-corrected chi connectivity index (χ1v) is 9.37. The number of likely N-dealkylation sites (tertiary alicyclic amines) is 2. The Bertz CT molecular complexity index is 372. The van der Waals surface area contributed by atoms with Crippen molar-refractivity contribution in [3.05, 3.63) is 0 Å². The lowest BCUT2D eigenvalue weighted by Crippen LogP contribution is -2.50. The number of piperidine rings is 1. The van der Waals surface area contributed by atoms with E-state index in [0.29, 0.717) is 12.0 Å². The number of urea groups is 1. The van der Waals surface area contributed by atoms with Crippen LogP contribution in [0.1, 0.15) is 52.9 Å². The predicted octanol–water partition coefficient (Wildman–Crippen LogP) is 2.30. The zero-order valence-electron chi connectivity index (χ0n) is 15.2. The third-order valence-corrected chi connectivity index (χ3v) is 5.78. The van der Waals surface area contributed by atoms with E-state index in [4.69, 9.17) is 0 Å². The molecule has 0 radical (unpaired) electrons. The van der Waals surface area contributed by atoms with Crippen LogP contribution in [0.15, 0.2) is 0 Å². The molecule has 23 heavy (non-hydrogen) atoms. The van der Waals surface area contributed by atoms with Gasteiger partial charge in [-0.3, -0.25) is 4.90 Å². The third-order valence-electron chi connectivity index (χ3n) is 5.78. The molecular weight excluding hydrogens is 290 g/mol. The number of carbonyl (C=O) groups is 1. The van der Waals surface area contributed by atoms with E-state index in [1.165, 1.54) is 12.8 Å². The molecule has 1 atom stereocenters. The average Bonchev–Trinajstić information content (AvgIpc) is 2.99. The highest BCUT2D eigenvalue weighted by Crippen LogP contribution is 2.34. The van der Waals surface area contributed by atoms with Crippen LogP contribution >= 0.6 is 0 Å².